The fraction of sp³-hybridized carbons (Fsp3) is 0.917. The predicted molar refractivity (Wildman–Crippen MR) is 64.4 cm³/mol. The Balaban J connectivity index is 2.53. The van der Waals surface area contributed by atoms with E-state index < -0.39 is 5.54 Å². The fourth-order valence-corrected chi connectivity index (χ4v) is 1.99. The van der Waals surface area contributed by atoms with Crippen molar-refractivity contribution in [3.8, 4) is 0 Å². The molecule has 1 saturated carbocycles. The number of likely N-dealkylation sites (N-methyl/N-ethyl adjacent to an activating group) is 2. The van der Waals surface area contributed by atoms with Crippen molar-refractivity contribution in [1.29, 1.82) is 0 Å². The highest BCUT2D eigenvalue weighted by Gasteiger charge is 2.36. The van der Waals surface area contributed by atoms with Gasteiger partial charge in [-0.05, 0) is 40.8 Å². The van der Waals surface area contributed by atoms with Crippen LogP contribution in [0.1, 0.15) is 33.1 Å². The first kappa shape index (κ1) is 13.5. The van der Waals surface area contributed by atoms with Crippen LogP contribution in [0.2, 0.25) is 0 Å². The molecule has 4 heteroatoms. The molecule has 1 fully saturated rings. The maximum absolute atomic E-state index is 11.8. The minimum absolute atomic E-state index is 0.163. The van der Waals surface area contributed by atoms with E-state index in [0.717, 1.165) is 0 Å². The zero-order valence-corrected chi connectivity index (χ0v) is 10.9. The van der Waals surface area contributed by atoms with Gasteiger partial charge in [-0.1, -0.05) is 6.42 Å². The molecule has 1 unspecified atom stereocenters. The minimum Gasteiger partial charge on any atom is -0.465 e. The molecule has 0 aromatic heterocycles. The molecule has 1 aliphatic rings. The van der Waals surface area contributed by atoms with Gasteiger partial charge in [-0.25, -0.2) is 0 Å². The Kier molecular flexibility index (Phi) is 4.74. The van der Waals surface area contributed by atoms with Gasteiger partial charge in [-0.15, -0.1) is 0 Å². The number of ether oxygens (including phenoxy) is 1. The van der Waals surface area contributed by atoms with Crippen molar-refractivity contribution in [2.75, 3.05) is 27.2 Å². The van der Waals surface area contributed by atoms with E-state index in [4.69, 9.17) is 4.74 Å². The quantitative estimate of drug-likeness (QED) is 0.689. The van der Waals surface area contributed by atoms with E-state index >= 15 is 0 Å². The zero-order valence-electron chi connectivity index (χ0n) is 10.9. The summed E-state index contributed by atoms with van der Waals surface area (Å²) < 4.78 is 5.10. The van der Waals surface area contributed by atoms with E-state index in [1.165, 1.54) is 19.3 Å². The third-order valence-electron chi connectivity index (χ3n) is 3.54. The first-order chi connectivity index (χ1) is 7.53. The lowest BCUT2D eigenvalue weighted by atomic mass is 9.90. The Morgan fingerprint density at radius 1 is 1.56 bits per heavy atom. The lowest BCUT2D eigenvalue weighted by Crippen LogP contribution is -2.57. The molecule has 0 aliphatic heterocycles. The standard InChI is InChI=1S/C12H24N2O2/c1-5-16-11(15)12(2,13-3)9-14(4)10-7-6-8-10/h10,13H,5-9H2,1-4H3. The van der Waals surface area contributed by atoms with E-state index in [1.54, 1.807) is 0 Å². The van der Waals surface area contributed by atoms with Crippen molar-refractivity contribution in [2.45, 2.75) is 44.7 Å². The number of carbonyl (C=O) groups excluding carboxylic acids is 1. The molecule has 0 saturated heterocycles. The van der Waals surface area contributed by atoms with Crippen LogP contribution in [0.15, 0.2) is 0 Å². The first-order valence-electron chi connectivity index (χ1n) is 6.10. The zero-order chi connectivity index (χ0) is 12.2. The maximum Gasteiger partial charge on any atom is 0.327 e. The molecule has 16 heavy (non-hydrogen) atoms. The molecule has 0 radical (unpaired) electrons. The van der Waals surface area contributed by atoms with E-state index in [9.17, 15) is 4.79 Å². The molecule has 0 aromatic carbocycles. The smallest absolute Gasteiger partial charge is 0.327 e. The van der Waals surface area contributed by atoms with E-state index in [0.29, 0.717) is 19.2 Å². The summed E-state index contributed by atoms with van der Waals surface area (Å²) in [5, 5.41) is 3.08. The highest BCUT2D eigenvalue weighted by molar-refractivity contribution is 5.80. The van der Waals surface area contributed by atoms with E-state index in [1.807, 2.05) is 20.9 Å². The van der Waals surface area contributed by atoms with E-state index in [2.05, 4.69) is 17.3 Å². The van der Waals surface area contributed by atoms with Crippen LogP contribution in [0.3, 0.4) is 0 Å². The van der Waals surface area contributed by atoms with Gasteiger partial charge in [-0.3, -0.25) is 4.79 Å². The predicted octanol–water partition coefficient (Wildman–Crippen LogP) is 1.01. The lowest BCUT2D eigenvalue weighted by Gasteiger charge is -2.39. The van der Waals surface area contributed by atoms with Crippen molar-refractivity contribution < 1.29 is 9.53 Å². The fourth-order valence-electron chi connectivity index (χ4n) is 1.99. The van der Waals surface area contributed by atoms with Crippen molar-refractivity contribution in [3.63, 3.8) is 0 Å². The van der Waals surface area contributed by atoms with Gasteiger partial charge in [0.05, 0.1) is 6.61 Å². The van der Waals surface area contributed by atoms with Crippen LogP contribution in [-0.2, 0) is 9.53 Å². The summed E-state index contributed by atoms with van der Waals surface area (Å²) in [6.07, 6.45) is 3.81. The monoisotopic (exact) mass is 228 g/mol. The van der Waals surface area contributed by atoms with Gasteiger partial charge in [0, 0.05) is 12.6 Å². The second-order valence-corrected chi connectivity index (χ2v) is 4.80. The van der Waals surface area contributed by atoms with Crippen molar-refractivity contribution in [1.82, 2.24) is 10.2 Å². The first-order valence-corrected chi connectivity index (χ1v) is 6.10. The topological polar surface area (TPSA) is 41.6 Å². The molecule has 0 bridgehead atoms. The lowest BCUT2D eigenvalue weighted by molar-refractivity contribution is -0.151. The Morgan fingerprint density at radius 2 is 2.19 bits per heavy atom. The molecule has 94 valence electrons. The molecule has 1 aliphatic carbocycles. The summed E-state index contributed by atoms with van der Waals surface area (Å²) in [5.41, 5.74) is -0.597. The molecule has 1 rings (SSSR count). The second-order valence-electron chi connectivity index (χ2n) is 4.80. The number of hydrogen-bond acceptors (Lipinski definition) is 4. The van der Waals surface area contributed by atoms with Crippen molar-refractivity contribution in [2.24, 2.45) is 0 Å². The summed E-state index contributed by atoms with van der Waals surface area (Å²) in [6, 6.07) is 0.641. The molecule has 0 heterocycles. The van der Waals surface area contributed by atoms with Crippen molar-refractivity contribution in [3.05, 3.63) is 0 Å². The van der Waals surface area contributed by atoms with Gasteiger partial charge in [-0.2, -0.15) is 0 Å². The summed E-state index contributed by atoms with van der Waals surface area (Å²) >= 11 is 0. The van der Waals surface area contributed by atoms with Gasteiger partial charge in [0.1, 0.15) is 5.54 Å². The Labute approximate surface area is 98.3 Å². The normalized spacial score (nSPS) is 20.3. The van der Waals surface area contributed by atoms with Gasteiger partial charge >= 0.3 is 5.97 Å². The molecule has 0 aromatic rings. The highest BCUT2D eigenvalue weighted by atomic mass is 16.5. The number of esters is 1. The van der Waals surface area contributed by atoms with Gasteiger partial charge in [0.25, 0.3) is 0 Å². The molecule has 1 N–H and O–H groups in total. The Morgan fingerprint density at radius 3 is 2.56 bits per heavy atom. The van der Waals surface area contributed by atoms with Crippen LogP contribution in [-0.4, -0.2) is 49.7 Å². The largest absolute Gasteiger partial charge is 0.465 e. The van der Waals surface area contributed by atoms with Gasteiger partial charge < -0.3 is 15.0 Å². The number of hydrogen-bond donors (Lipinski definition) is 1. The number of rotatable bonds is 6. The Hall–Kier alpha value is -0.610. The average Bonchev–Trinajstić information content (AvgIpc) is 2.15. The van der Waals surface area contributed by atoms with Crippen LogP contribution in [0.4, 0.5) is 0 Å². The SMILES string of the molecule is CCOC(=O)C(C)(CN(C)C1CCC1)NC. The third-order valence-corrected chi connectivity index (χ3v) is 3.54. The van der Waals surface area contributed by atoms with Gasteiger partial charge in [0.2, 0.25) is 0 Å². The summed E-state index contributed by atoms with van der Waals surface area (Å²) in [5.74, 6) is -0.163. The Bertz CT molecular complexity index is 241. The van der Waals surface area contributed by atoms with Crippen LogP contribution in [0.25, 0.3) is 0 Å². The summed E-state index contributed by atoms with van der Waals surface area (Å²) in [4.78, 5) is 14.1. The van der Waals surface area contributed by atoms with Crippen LogP contribution < -0.4 is 5.32 Å². The van der Waals surface area contributed by atoms with Crippen LogP contribution >= 0.6 is 0 Å². The molecular weight excluding hydrogens is 204 g/mol. The maximum atomic E-state index is 11.8. The number of nitrogens with zero attached hydrogens (tertiary/aromatic N) is 1. The number of nitrogens with one attached hydrogen (secondary N) is 1. The second kappa shape index (κ2) is 5.64. The van der Waals surface area contributed by atoms with Crippen LogP contribution in [0.5, 0.6) is 0 Å². The molecule has 4 nitrogen and oxygen atoms in total. The average molecular weight is 228 g/mol. The van der Waals surface area contributed by atoms with Crippen molar-refractivity contribution >= 4 is 5.97 Å². The molecule has 0 amide bonds. The molecular formula is C12H24N2O2. The van der Waals surface area contributed by atoms with Gasteiger partial charge in [0.15, 0.2) is 0 Å². The summed E-state index contributed by atoms with van der Waals surface area (Å²) in [6.45, 7) is 4.88. The highest BCUT2D eigenvalue weighted by Crippen LogP contribution is 2.24. The van der Waals surface area contributed by atoms with Crippen LogP contribution in [0, 0.1) is 0 Å². The minimum atomic E-state index is -0.597. The summed E-state index contributed by atoms with van der Waals surface area (Å²) in [7, 11) is 3.89. The third kappa shape index (κ3) is 2.95. The van der Waals surface area contributed by atoms with E-state index in [-0.39, 0.29) is 5.97 Å². The number of carbonyl (C=O) groups is 1. The molecule has 1 atom stereocenters. The molecule has 0 spiro atoms.